The molecule has 0 radical (unpaired) electrons. The number of H-pyrrole nitrogens is 2. The Bertz CT molecular complexity index is 1130. The first-order valence-corrected chi connectivity index (χ1v) is 9.92. The lowest BCUT2D eigenvalue weighted by atomic mass is 10.1. The highest BCUT2D eigenvalue weighted by Crippen LogP contribution is 2.22. The highest BCUT2D eigenvalue weighted by molar-refractivity contribution is 7.99. The Morgan fingerprint density at radius 3 is 2.93 bits per heavy atom. The number of nitrogens with one attached hydrogen (secondary N) is 2. The van der Waals surface area contributed by atoms with Crippen molar-refractivity contribution in [1.29, 1.82) is 0 Å². The molecule has 142 valence electrons. The quantitative estimate of drug-likeness (QED) is 0.358. The fourth-order valence-corrected chi connectivity index (χ4v) is 3.63. The molecule has 0 unspecified atom stereocenters. The smallest absolute Gasteiger partial charge is 0.208 e. The number of carbonyl (C=O) groups is 1. The predicted octanol–water partition coefficient (Wildman–Crippen LogP) is 4.46. The molecule has 0 fully saturated rings. The summed E-state index contributed by atoms with van der Waals surface area (Å²) in [6.07, 6.45) is 1.76. The monoisotopic (exact) mass is 392 g/mol. The summed E-state index contributed by atoms with van der Waals surface area (Å²) in [5.41, 5.74) is 3.87. The van der Waals surface area contributed by atoms with Gasteiger partial charge < -0.3 is 9.72 Å². The number of aromatic amines is 2. The molecule has 28 heavy (non-hydrogen) atoms. The van der Waals surface area contributed by atoms with Gasteiger partial charge in [0.15, 0.2) is 11.6 Å². The van der Waals surface area contributed by atoms with Crippen LogP contribution < -0.4 is 4.74 Å². The van der Waals surface area contributed by atoms with Crippen LogP contribution in [-0.2, 0) is 6.61 Å². The third kappa shape index (κ3) is 3.94. The maximum Gasteiger partial charge on any atom is 0.208 e. The van der Waals surface area contributed by atoms with E-state index in [1.807, 2.05) is 50.2 Å². The Morgan fingerprint density at radius 2 is 2.04 bits per heavy atom. The fourth-order valence-electron chi connectivity index (χ4n) is 2.93. The van der Waals surface area contributed by atoms with Gasteiger partial charge in [-0.1, -0.05) is 42.1 Å². The van der Waals surface area contributed by atoms with Gasteiger partial charge in [0.1, 0.15) is 12.4 Å². The molecular weight excluding hydrogens is 372 g/mol. The van der Waals surface area contributed by atoms with E-state index in [0.29, 0.717) is 23.2 Å². The van der Waals surface area contributed by atoms with Gasteiger partial charge in [0.2, 0.25) is 5.16 Å². The van der Waals surface area contributed by atoms with Crippen LogP contribution in [0.5, 0.6) is 5.75 Å². The number of aryl methyl sites for hydroxylation is 2. The molecule has 4 aromatic rings. The van der Waals surface area contributed by atoms with Gasteiger partial charge in [-0.2, -0.15) is 0 Å². The highest BCUT2D eigenvalue weighted by Gasteiger charge is 2.14. The first kappa shape index (κ1) is 18.3. The second-order valence-corrected chi connectivity index (χ2v) is 7.52. The van der Waals surface area contributed by atoms with E-state index in [2.05, 4.69) is 26.2 Å². The third-order valence-electron chi connectivity index (χ3n) is 4.44. The molecule has 2 aromatic carbocycles. The second-order valence-electron chi connectivity index (χ2n) is 6.58. The van der Waals surface area contributed by atoms with Crippen LogP contribution in [0.1, 0.15) is 27.3 Å². The van der Waals surface area contributed by atoms with E-state index in [-0.39, 0.29) is 11.5 Å². The molecule has 7 heteroatoms. The topological polar surface area (TPSA) is 83.7 Å². The first-order valence-electron chi connectivity index (χ1n) is 8.93. The molecule has 0 aliphatic rings. The van der Waals surface area contributed by atoms with E-state index in [1.165, 1.54) is 11.8 Å². The lowest BCUT2D eigenvalue weighted by Crippen LogP contribution is -2.02. The van der Waals surface area contributed by atoms with Crippen LogP contribution in [0.15, 0.2) is 53.8 Å². The largest absolute Gasteiger partial charge is 0.485 e. The molecule has 2 heterocycles. The number of carbonyl (C=O) groups excluding carboxylic acids is 1. The Hall–Kier alpha value is -3.06. The highest BCUT2D eigenvalue weighted by atomic mass is 32.2. The molecule has 0 amide bonds. The fraction of sp³-hybridized carbons (Fsp3) is 0.190. The summed E-state index contributed by atoms with van der Waals surface area (Å²) >= 11 is 1.31. The number of hydrogen-bond donors (Lipinski definition) is 2. The number of ether oxygens (including phenoxy) is 1. The van der Waals surface area contributed by atoms with Crippen LogP contribution in [0.25, 0.3) is 10.9 Å². The van der Waals surface area contributed by atoms with E-state index in [9.17, 15) is 4.79 Å². The van der Waals surface area contributed by atoms with Crippen LogP contribution >= 0.6 is 11.8 Å². The Labute approximate surface area is 166 Å². The summed E-state index contributed by atoms with van der Waals surface area (Å²) in [5, 5.41) is 8.52. The average Bonchev–Trinajstić information content (AvgIpc) is 3.33. The van der Waals surface area contributed by atoms with Crippen LogP contribution in [0.2, 0.25) is 0 Å². The standard InChI is InChI=1S/C21H20N4O2S/c1-13-7-8-14(2)19(9-13)27-11-20-23-21(25-24-20)28-12-18(26)16-10-22-17-6-4-3-5-15(16)17/h3-10,22H,11-12H2,1-2H3,(H,23,24,25). The molecule has 0 saturated carbocycles. The number of ketones is 1. The van der Waals surface area contributed by atoms with Crippen molar-refractivity contribution in [1.82, 2.24) is 20.2 Å². The van der Waals surface area contributed by atoms with Gasteiger partial charge in [-0.3, -0.25) is 9.89 Å². The molecule has 2 aromatic heterocycles. The molecule has 0 spiro atoms. The summed E-state index contributed by atoms with van der Waals surface area (Å²) in [6.45, 7) is 4.33. The normalized spacial score (nSPS) is 11.1. The van der Waals surface area contributed by atoms with Crippen LogP contribution in [-0.4, -0.2) is 31.7 Å². The number of thioether (sulfide) groups is 1. The summed E-state index contributed by atoms with van der Waals surface area (Å²) in [4.78, 5) is 20.1. The lowest BCUT2D eigenvalue weighted by molar-refractivity contribution is 0.102. The zero-order valence-electron chi connectivity index (χ0n) is 15.7. The average molecular weight is 392 g/mol. The molecule has 0 aliphatic heterocycles. The molecule has 0 aliphatic carbocycles. The van der Waals surface area contributed by atoms with E-state index in [0.717, 1.165) is 27.8 Å². The Kier molecular flexibility index (Phi) is 5.16. The molecular formula is C21H20N4O2S. The first-order chi connectivity index (χ1) is 13.6. The van der Waals surface area contributed by atoms with Crippen molar-refractivity contribution in [3.63, 3.8) is 0 Å². The summed E-state index contributed by atoms with van der Waals surface area (Å²) in [6, 6.07) is 13.9. The number of benzene rings is 2. The Balaban J connectivity index is 1.36. The molecule has 4 rings (SSSR count). The van der Waals surface area contributed by atoms with Gasteiger partial charge in [-0.25, -0.2) is 4.98 Å². The predicted molar refractivity (Wildman–Crippen MR) is 110 cm³/mol. The zero-order valence-corrected chi connectivity index (χ0v) is 16.5. The van der Waals surface area contributed by atoms with Crippen LogP contribution in [0.3, 0.4) is 0 Å². The van der Waals surface area contributed by atoms with Crippen molar-refractivity contribution in [2.45, 2.75) is 25.6 Å². The van der Waals surface area contributed by atoms with E-state index in [1.54, 1.807) is 6.20 Å². The maximum atomic E-state index is 12.5. The molecule has 0 saturated heterocycles. The van der Waals surface area contributed by atoms with Gasteiger partial charge in [0.05, 0.1) is 5.75 Å². The van der Waals surface area contributed by atoms with Crippen molar-refractivity contribution >= 4 is 28.4 Å². The Morgan fingerprint density at radius 1 is 1.18 bits per heavy atom. The minimum absolute atomic E-state index is 0.0421. The summed E-state index contributed by atoms with van der Waals surface area (Å²) < 4.78 is 5.84. The number of aromatic nitrogens is 4. The number of hydrogen-bond acceptors (Lipinski definition) is 5. The SMILES string of the molecule is Cc1ccc(C)c(OCc2nc(SCC(=O)c3c[nH]c4ccccc34)n[nH]2)c1. The van der Waals surface area contributed by atoms with E-state index in [4.69, 9.17) is 4.74 Å². The number of Topliss-reactive ketones (excluding diaryl/α,β-unsaturated/α-hetero) is 1. The molecule has 0 atom stereocenters. The number of fused-ring (bicyclic) bond motifs is 1. The van der Waals surface area contributed by atoms with Gasteiger partial charge >= 0.3 is 0 Å². The number of nitrogens with zero attached hydrogens (tertiary/aromatic N) is 2. The van der Waals surface area contributed by atoms with E-state index >= 15 is 0 Å². The van der Waals surface area contributed by atoms with Gasteiger partial charge in [-0.05, 0) is 37.1 Å². The van der Waals surface area contributed by atoms with Crippen LogP contribution in [0, 0.1) is 13.8 Å². The molecule has 0 bridgehead atoms. The van der Waals surface area contributed by atoms with Crippen molar-refractivity contribution in [2.24, 2.45) is 0 Å². The number of para-hydroxylation sites is 1. The van der Waals surface area contributed by atoms with Gasteiger partial charge in [0.25, 0.3) is 0 Å². The van der Waals surface area contributed by atoms with Crippen molar-refractivity contribution in [3.05, 3.63) is 71.2 Å². The lowest BCUT2D eigenvalue weighted by Gasteiger charge is -2.08. The van der Waals surface area contributed by atoms with Gasteiger partial charge in [-0.15, -0.1) is 5.10 Å². The van der Waals surface area contributed by atoms with Crippen LogP contribution in [0.4, 0.5) is 0 Å². The van der Waals surface area contributed by atoms with E-state index < -0.39 is 0 Å². The summed E-state index contributed by atoms with van der Waals surface area (Å²) in [5.74, 6) is 1.78. The molecule has 6 nitrogen and oxygen atoms in total. The maximum absolute atomic E-state index is 12.5. The van der Waals surface area contributed by atoms with Crippen molar-refractivity contribution in [3.8, 4) is 5.75 Å². The van der Waals surface area contributed by atoms with Gasteiger partial charge in [0, 0.05) is 22.7 Å². The minimum Gasteiger partial charge on any atom is -0.485 e. The van der Waals surface area contributed by atoms with Crippen molar-refractivity contribution < 1.29 is 9.53 Å². The second kappa shape index (κ2) is 7.90. The minimum atomic E-state index is 0.0421. The van der Waals surface area contributed by atoms with Crippen molar-refractivity contribution in [2.75, 3.05) is 5.75 Å². The summed E-state index contributed by atoms with van der Waals surface area (Å²) in [7, 11) is 0. The number of rotatable bonds is 7. The molecule has 2 N–H and O–H groups in total. The zero-order chi connectivity index (χ0) is 19.5. The third-order valence-corrected chi connectivity index (χ3v) is 5.29.